The van der Waals surface area contributed by atoms with E-state index >= 15 is 0 Å². The fourth-order valence-corrected chi connectivity index (χ4v) is 5.42. The molecule has 0 aliphatic rings. The van der Waals surface area contributed by atoms with Gasteiger partial charge in [-0.1, -0.05) is 180 Å². The number of hydrogen-bond donors (Lipinski definition) is 2. The zero-order chi connectivity index (χ0) is 34.3. The number of benzene rings is 4. The first-order valence-corrected chi connectivity index (χ1v) is 17.1. The topological polar surface area (TPSA) is 38.0 Å². The average molecular weight is 619 g/mol. The zero-order valence-electron chi connectivity index (χ0n) is 31.0. The molecular formula is C44H62N2. The van der Waals surface area contributed by atoms with Gasteiger partial charge < -0.3 is 11.1 Å². The van der Waals surface area contributed by atoms with Crippen molar-refractivity contribution in [2.24, 2.45) is 5.73 Å². The van der Waals surface area contributed by atoms with E-state index in [1.807, 2.05) is 0 Å². The maximum Gasteiger partial charge on any atom is 0.0363 e. The van der Waals surface area contributed by atoms with Gasteiger partial charge in [0.15, 0.2) is 0 Å². The molecule has 0 heterocycles. The smallest absolute Gasteiger partial charge is 0.0363 e. The minimum atomic E-state index is 0.138. The Morgan fingerprint density at radius 2 is 0.848 bits per heavy atom. The van der Waals surface area contributed by atoms with Crippen molar-refractivity contribution in [1.29, 1.82) is 0 Å². The molecule has 0 aliphatic carbocycles. The Labute approximate surface area is 282 Å². The molecule has 2 heteroatoms. The Hall–Kier alpha value is -3.20. The highest BCUT2D eigenvalue weighted by molar-refractivity contribution is 5.38. The first-order valence-electron chi connectivity index (χ1n) is 17.1. The van der Waals surface area contributed by atoms with E-state index in [0.29, 0.717) is 6.54 Å². The van der Waals surface area contributed by atoms with Crippen molar-refractivity contribution < 1.29 is 0 Å². The second kappa shape index (κ2) is 15.1. The highest BCUT2D eigenvalue weighted by Gasteiger charge is 2.22. The van der Waals surface area contributed by atoms with Gasteiger partial charge in [0.05, 0.1) is 0 Å². The number of hydrogen-bond acceptors (Lipinski definition) is 2. The van der Waals surface area contributed by atoms with Crippen LogP contribution in [-0.4, -0.2) is 0 Å². The van der Waals surface area contributed by atoms with E-state index in [2.05, 4.69) is 185 Å². The third kappa shape index (κ3) is 11.2. The lowest BCUT2D eigenvalue weighted by Gasteiger charge is -2.27. The molecule has 4 aromatic rings. The Kier molecular flexibility index (Phi) is 12.3. The summed E-state index contributed by atoms with van der Waals surface area (Å²) in [6, 6.07) is 35.8. The van der Waals surface area contributed by atoms with Crippen LogP contribution in [-0.2, 0) is 41.2 Å². The standard InChI is InChI=1S/C29H37N.C15H25N/c1-28(2,3)25-17-23(18-26(20-25)29(4,5)6)21-30-27(24-15-11-8-12-16-24)19-22-13-9-7-10-14-22;1-14(2,3)12-7-11(10-16)8-13(9-12)15(4,5)6/h7-18,20,27,30H,19,21H2,1-6H3;7-9H,10,16H2,1-6H3. The van der Waals surface area contributed by atoms with Crippen LogP contribution in [0.2, 0.25) is 0 Å². The molecule has 46 heavy (non-hydrogen) atoms. The molecular weight excluding hydrogens is 556 g/mol. The molecule has 4 aromatic carbocycles. The van der Waals surface area contributed by atoms with Gasteiger partial charge in [-0.15, -0.1) is 0 Å². The van der Waals surface area contributed by atoms with E-state index in [1.54, 1.807) is 0 Å². The third-order valence-corrected chi connectivity index (χ3v) is 8.72. The average Bonchev–Trinajstić information content (AvgIpc) is 2.98. The summed E-state index contributed by atoms with van der Waals surface area (Å²) in [4.78, 5) is 0. The number of rotatable bonds is 7. The van der Waals surface area contributed by atoms with Crippen LogP contribution in [0.4, 0.5) is 0 Å². The van der Waals surface area contributed by atoms with Crippen LogP contribution in [0.25, 0.3) is 0 Å². The van der Waals surface area contributed by atoms with E-state index in [-0.39, 0.29) is 27.7 Å². The van der Waals surface area contributed by atoms with Crippen LogP contribution >= 0.6 is 0 Å². The fraction of sp³-hybridized carbons (Fsp3) is 0.455. The van der Waals surface area contributed by atoms with Gasteiger partial charge >= 0.3 is 0 Å². The number of nitrogens with one attached hydrogen (secondary N) is 1. The van der Waals surface area contributed by atoms with Crippen LogP contribution in [0.5, 0.6) is 0 Å². The molecule has 0 aliphatic heterocycles. The van der Waals surface area contributed by atoms with Gasteiger partial charge in [0.2, 0.25) is 0 Å². The third-order valence-electron chi connectivity index (χ3n) is 8.72. The van der Waals surface area contributed by atoms with Gasteiger partial charge in [0.25, 0.3) is 0 Å². The molecule has 0 radical (unpaired) electrons. The van der Waals surface area contributed by atoms with Gasteiger partial charge in [-0.25, -0.2) is 0 Å². The van der Waals surface area contributed by atoms with E-state index in [4.69, 9.17) is 5.73 Å². The second-order valence-corrected chi connectivity index (χ2v) is 17.1. The summed E-state index contributed by atoms with van der Waals surface area (Å²) in [6.45, 7) is 28.7. The lowest BCUT2D eigenvalue weighted by atomic mass is 9.79. The molecule has 0 spiro atoms. The van der Waals surface area contributed by atoms with Crippen LogP contribution in [0.15, 0.2) is 97.1 Å². The molecule has 0 fully saturated rings. The second-order valence-electron chi connectivity index (χ2n) is 17.1. The molecule has 248 valence electrons. The highest BCUT2D eigenvalue weighted by Crippen LogP contribution is 2.32. The summed E-state index contributed by atoms with van der Waals surface area (Å²) in [7, 11) is 0. The van der Waals surface area contributed by atoms with Crippen molar-refractivity contribution in [3.63, 3.8) is 0 Å². The Morgan fingerprint density at radius 1 is 0.478 bits per heavy atom. The minimum Gasteiger partial charge on any atom is -0.326 e. The van der Waals surface area contributed by atoms with Crippen LogP contribution < -0.4 is 11.1 Å². The van der Waals surface area contributed by atoms with E-state index in [9.17, 15) is 0 Å². The lowest BCUT2D eigenvalue weighted by molar-refractivity contribution is 0.525. The predicted octanol–water partition coefficient (Wildman–Crippen LogP) is 11.1. The Morgan fingerprint density at radius 3 is 1.22 bits per heavy atom. The SMILES string of the molecule is CC(C)(C)c1cc(CN)cc(C(C)(C)C)c1.CC(C)(C)c1cc(CNC(Cc2ccccc2)c2ccccc2)cc(C(C)(C)C)c1. The van der Waals surface area contributed by atoms with Crippen molar-refractivity contribution in [3.05, 3.63) is 142 Å². The molecule has 1 atom stereocenters. The summed E-state index contributed by atoms with van der Waals surface area (Å²) in [5.74, 6) is 0. The normalized spacial score (nSPS) is 13.2. The van der Waals surface area contributed by atoms with E-state index < -0.39 is 0 Å². The molecule has 1 unspecified atom stereocenters. The van der Waals surface area contributed by atoms with Gasteiger partial charge in [0.1, 0.15) is 0 Å². The summed E-state index contributed by atoms with van der Waals surface area (Å²) in [6.07, 6.45) is 0.982. The maximum absolute atomic E-state index is 5.77. The molecule has 0 aromatic heterocycles. The first-order chi connectivity index (χ1) is 21.3. The minimum absolute atomic E-state index is 0.138. The van der Waals surface area contributed by atoms with Crippen molar-refractivity contribution >= 4 is 0 Å². The Bertz CT molecular complexity index is 1440. The van der Waals surface area contributed by atoms with Crippen LogP contribution in [0, 0.1) is 0 Å². The molecule has 0 saturated heterocycles. The van der Waals surface area contributed by atoms with Crippen LogP contribution in [0.1, 0.15) is 134 Å². The largest absolute Gasteiger partial charge is 0.326 e. The summed E-state index contributed by atoms with van der Waals surface area (Å²) in [5, 5.41) is 3.86. The molecule has 3 N–H and O–H groups in total. The monoisotopic (exact) mass is 618 g/mol. The fourth-order valence-electron chi connectivity index (χ4n) is 5.42. The van der Waals surface area contributed by atoms with Crippen molar-refractivity contribution in [2.45, 2.75) is 130 Å². The van der Waals surface area contributed by atoms with E-state index in [0.717, 1.165) is 13.0 Å². The van der Waals surface area contributed by atoms with Gasteiger partial charge in [-0.3, -0.25) is 0 Å². The summed E-state index contributed by atoms with van der Waals surface area (Å²) >= 11 is 0. The van der Waals surface area contributed by atoms with Crippen molar-refractivity contribution in [1.82, 2.24) is 5.32 Å². The molecule has 0 bridgehead atoms. The quantitative estimate of drug-likeness (QED) is 0.216. The first kappa shape index (κ1) is 37.3. The predicted molar refractivity (Wildman–Crippen MR) is 202 cm³/mol. The zero-order valence-corrected chi connectivity index (χ0v) is 31.0. The maximum atomic E-state index is 5.77. The van der Waals surface area contributed by atoms with E-state index in [1.165, 1.54) is 44.5 Å². The molecule has 0 saturated carbocycles. The van der Waals surface area contributed by atoms with Gasteiger partial charge in [0, 0.05) is 19.1 Å². The molecule has 2 nitrogen and oxygen atoms in total. The number of nitrogens with two attached hydrogens (primary N) is 1. The van der Waals surface area contributed by atoms with Crippen molar-refractivity contribution in [3.8, 4) is 0 Å². The molecule has 0 amide bonds. The lowest BCUT2D eigenvalue weighted by Crippen LogP contribution is -2.24. The summed E-state index contributed by atoms with van der Waals surface area (Å²) in [5.41, 5.74) is 17.3. The van der Waals surface area contributed by atoms with Gasteiger partial charge in [-0.2, -0.15) is 0 Å². The Balaban J connectivity index is 0.000000304. The van der Waals surface area contributed by atoms with Crippen molar-refractivity contribution in [2.75, 3.05) is 0 Å². The highest BCUT2D eigenvalue weighted by atomic mass is 14.9. The van der Waals surface area contributed by atoms with Gasteiger partial charge in [-0.05, 0) is 72.6 Å². The molecule has 4 rings (SSSR count). The van der Waals surface area contributed by atoms with Crippen LogP contribution in [0.3, 0.4) is 0 Å². The summed E-state index contributed by atoms with van der Waals surface area (Å²) < 4.78 is 0.